The van der Waals surface area contributed by atoms with E-state index < -0.39 is 0 Å². The first kappa shape index (κ1) is 18.0. The fraction of sp³-hybridized carbons (Fsp3) is 0.417. The SMILES string of the molecule is CCCCC(=O)C1(c2ccc(NC(=O)C3Cc4ccccc43)cc2)CCC1. The first-order valence-electron chi connectivity index (χ1n) is 10.2. The van der Waals surface area contributed by atoms with Crippen molar-refractivity contribution in [2.24, 2.45) is 0 Å². The lowest BCUT2D eigenvalue weighted by Gasteiger charge is -2.41. The predicted molar refractivity (Wildman–Crippen MR) is 108 cm³/mol. The summed E-state index contributed by atoms with van der Waals surface area (Å²) in [4.78, 5) is 25.3. The van der Waals surface area contributed by atoms with Gasteiger partial charge in [-0.3, -0.25) is 9.59 Å². The van der Waals surface area contributed by atoms with Crippen LogP contribution in [0.1, 0.15) is 68.1 Å². The van der Waals surface area contributed by atoms with Crippen LogP contribution in [0.25, 0.3) is 0 Å². The van der Waals surface area contributed by atoms with E-state index in [1.807, 2.05) is 42.5 Å². The van der Waals surface area contributed by atoms with Crippen molar-refractivity contribution in [3.05, 3.63) is 65.2 Å². The molecule has 1 saturated carbocycles. The average Bonchev–Trinajstić information content (AvgIpc) is 2.61. The minimum atomic E-state index is -0.273. The number of nitrogens with one attached hydrogen (secondary N) is 1. The molecule has 0 aromatic heterocycles. The summed E-state index contributed by atoms with van der Waals surface area (Å²) in [6, 6.07) is 16.1. The lowest BCUT2D eigenvalue weighted by Crippen LogP contribution is -2.42. The van der Waals surface area contributed by atoms with Crippen LogP contribution < -0.4 is 5.32 Å². The smallest absolute Gasteiger partial charge is 0.232 e. The summed E-state index contributed by atoms with van der Waals surface area (Å²) >= 11 is 0. The van der Waals surface area contributed by atoms with E-state index in [9.17, 15) is 9.59 Å². The minimum Gasteiger partial charge on any atom is -0.326 e. The van der Waals surface area contributed by atoms with Crippen molar-refractivity contribution in [2.75, 3.05) is 5.32 Å². The molecule has 2 aromatic rings. The highest BCUT2D eigenvalue weighted by atomic mass is 16.2. The maximum atomic E-state index is 12.8. The Labute approximate surface area is 161 Å². The summed E-state index contributed by atoms with van der Waals surface area (Å²) < 4.78 is 0. The lowest BCUT2D eigenvalue weighted by molar-refractivity contribution is -0.127. The lowest BCUT2D eigenvalue weighted by atomic mass is 9.61. The third-order valence-corrected chi connectivity index (χ3v) is 6.37. The Bertz CT molecular complexity index is 849. The van der Waals surface area contributed by atoms with E-state index in [0.29, 0.717) is 12.2 Å². The standard InChI is InChI=1S/C24H27NO2/c1-2-3-9-22(26)24(14-6-15-24)18-10-12-19(13-11-18)25-23(27)21-16-17-7-4-5-8-20(17)21/h4-5,7-8,10-13,21H,2-3,6,9,14-16H2,1H3,(H,25,27). The third-order valence-electron chi connectivity index (χ3n) is 6.37. The van der Waals surface area contributed by atoms with Crippen molar-refractivity contribution >= 4 is 17.4 Å². The molecule has 1 atom stereocenters. The Morgan fingerprint density at radius 1 is 1.07 bits per heavy atom. The summed E-state index contributed by atoms with van der Waals surface area (Å²) in [6.45, 7) is 2.12. The zero-order valence-electron chi connectivity index (χ0n) is 16.0. The van der Waals surface area contributed by atoms with Gasteiger partial charge in [0.1, 0.15) is 5.78 Å². The Hall–Kier alpha value is -2.42. The topological polar surface area (TPSA) is 46.2 Å². The summed E-state index contributed by atoms with van der Waals surface area (Å²) in [5, 5.41) is 3.04. The second-order valence-electron chi connectivity index (χ2n) is 7.98. The van der Waals surface area contributed by atoms with Crippen LogP contribution >= 0.6 is 0 Å². The fourth-order valence-corrected chi connectivity index (χ4v) is 4.43. The van der Waals surface area contributed by atoms with Crippen LogP contribution in [0, 0.1) is 0 Å². The molecule has 2 aliphatic carbocycles. The van der Waals surface area contributed by atoms with Gasteiger partial charge in [0.2, 0.25) is 5.91 Å². The van der Waals surface area contributed by atoms with E-state index in [1.54, 1.807) is 0 Å². The van der Waals surface area contributed by atoms with Gasteiger partial charge in [0.05, 0.1) is 11.3 Å². The number of anilines is 1. The van der Waals surface area contributed by atoms with Gasteiger partial charge >= 0.3 is 0 Å². The van der Waals surface area contributed by atoms with Crippen LogP contribution in [-0.2, 0) is 21.4 Å². The molecule has 4 rings (SSSR count). The van der Waals surface area contributed by atoms with Crippen molar-refractivity contribution in [3.8, 4) is 0 Å². The van der Waals surface area contributed by atoms with Gasteiger partial charge in [0.25, 0.3) is 0 Å². The molecule has 0 radical (unpaired) electrons. The molecule has 27 heavy (non-hydrogen) atoms. The number of hydrogen-bond acceptors (Lipinski definition) is 2. The number of carbonyl (C=O) groups excluding carboxylic acids is 2. The number of rotatable bonds is 7. The number of Topliss-reactive ketones (excluding diaryl/α,β-unsaturated/α-hetero) is 1. The molecule has 140 valence electrons. The Morgan fingerprint density at radius 3 is 2.44 bits per heavy atom. The Morgan fingerprint density at radius 2 is 1.81 bits per heavy atom. The van der Waals surface area contributed by atoms with Gasteiger partial charge in [-0.15, -0.1) is 0 Å². The van der Waals surface area contributed by atoms with E-state index in [2.05, 4.69) is 18.3 Å². The minimum absolute atomic E-state index is 0.0468. The molecule has 0 heterocycles. The highest BCUT2D eigenvalue weighted by Crippen LogP contribution is 2.45. The Kier molecular flexibility index (Phi) is 4.86. The Balaban J connectivity index is 1.43. The van der Waals surface area contributed by atoms with Crippen LogP contribution in [0.4, 0.5) is 5.69 Å². The van der Waals surface area contributed by atoms with Crippen LogP contribution in [0.5, 0.6) is 0 Å². The van der Waals surface area contributed by atoms with E-state index >= 15 is 0 Å². The second-order valence-corrected chi connectivity index (χ2v) is 7.98. The molecule has 2 aromatic carbocycles. The van der Waals surface area contributed by atoms with Gasteiger partial charge in [-0.1, -0.05) is 56.2 Å². The molecule has 3 heteroatoms. The van der Waals surface area contributed by atoms with Crippen LogP contribution in [0.2, 0.25) is 0 Å². The molecule has 1 fully saturated rings. The van der Waals surface area contributed by atoms with Gasteiger partial charge in [0, 0.05) is 12.1 Å². The summed E-state index contributed by atoms with van der Waals surface area (Å²) in [6.07, 6.45) is 6.55. The van der Waals surface area contributed by atoms with Crippen molar-refractivity contribution in [3.63, 3.8) is 0 Å². The molecule has 0 saturated heterocycles. The van der Waals surface area contributed by atoms with Gasteiger partial charge < -0.3 is 5.32 Å². The molecular weight excluding hydrogens is 334 g/mol. The van der Waals surface area contributed by atoms with Gasteiger partial charge in [-0.25, -0.2) is 0 Å². The number of fused-ring (bicyclic) bond motifs is 1. The number of amides is 1. The zero-order chi connectivity index (χ0) is 18.9. The second kappa shape index (κ2) is 7.30. The van der Waals surface area contributed by atoms with Crippen LogP contribution in [0.3, 0.4) is 0 Å². The molecule has 1 N–H and O–H groups in total. The first-order valence-corrected chi connectivity index (χ1v) is 10.2. The summed E-state index contributed by atoms with van der Waals surface area (Å²) in [5.74, 6) is 0.395. The van der Waals surface area contributed by atoms with E-state index in [-0.39, 0.29) is 17.2 Å². The number of hydrogen-bond donors (Lipinski definition) is 1. The first-order chi connectivity index (χ1) is 13.1. The maximum Gasteiger partial charge on any atom is 0.232 e. The third kappa shape index (κ3) is 3.20. The van der Waals surface area contributed by atoms with Gasteiger partial charge in [0.15, 0.2) is 0 Å². The maximum absolute atomic E-state index is 12.8. The fourth-order valence-electron chi connectivity index (χ4n) is 4.43. The number of unbranched alkanes of at least 4 members (excludes halogenated alkanes) is 1. The number of carbonyl (C=O) groups is 2. The normalized spacial score (nSPS) is 19.4. The molecule has 3 nitrogen and oxygen atoms in total. The summed E-state index contributed by atoms with van der Waals surface area (Å²) in [7, 11) is 0. The van der Waals surface area contributed by atoms with Crippen molar-refractivity contribution in [1.82, 2.24) is 0 Å². The van der Waals surface area contributed by atoms with E-state index in [1.165, 1.54) is 5.56 Å². The van der Waals surface area contributed by atoms with Crippen molar-refractivity contribution in [2.45, 2.75) is 63.2 Å². The molecule has 1 unspecified atom stereocenters. The highest BCUT2D eigenvalue weighted by Gasteiger charge is 2.44. The van der Waals surface area contributed by atoms with E-state index in [0.717, 1.165) is 55.3 Å². The zero-order valence-corrected chi connectivity index (χ0v) is 16.0. The van der Waals surface area contributed by atoms with Crippen molar-refractivity contribution in [1.29, 1.82) is 0 Å². The molecule has 2 aliphatic rings. The molecule has 0 bridgehead atoms. The van der Waals surface area contributed by atoms with Crippen LogP contribution in [-0.4, -0.2) is 11.7 Å². The van der Waals surface area contributed by atoms with E-state index in [4.69, 9.17) is 0 Å². The monoisotopic (exact) mass is 361 g/mol. The predicted octanol–water partition coefficient (Wildman–Crippen LogP) is 5.15. The van der Waals surface area contributed by atoms with Crippen LogP contribution in [0.15, 0.2) is 48.5 Å². The largest absolute Gasteiger partial charge is 0.326 e. The molecule has 0 spiro atoms. The summed E-state index contributed by atoms with van der Waals surface area (Å²) in [5.41, 5.74) is 4.06. The average molecular weight is 361 g/mol. The molecule has 0 aliphatic heterocycles. The quantitative estimate of drug-likeness (QED) is 0.741. The van der Waals surface area contributed by atoms with Gasteiger partial charge in [-0.05, 0) is 54.5 Å². The van der Waals surface area contributed by atoms with Gasteiger partial charge in [-0.2, -0.15) is 0 Å². The highest BCUT2D eigenvalue weighted by molar-refractivity contribution is 5.98. The number of ketones is 1. The number of benzene rings is 2. The molecular formula is C24H27NO2. The van der Waals surface area contributed by atoms with Crippen molar-refractivity contribution < 1.29 is 9.59 Å². The molecule has 1 amide bonds.